The van der Waals surface area contributed by atoms with Crippen LogP contribution in [-0.4, -0.2) is 5.78 Å². The quantitative estimate of drug-likeness (QED) is 0.510. The summed E-state index contributed by atoms with van der Waals surface area (Å²) in [4.78, 5) is 11.4. The van der Waals surface area contributed by atoms with Gasteiger partial charge in [-0.2, -0.15) is 0 Å². The standard InChI is InChI=1S/C15H14INO2/c1-10(18)12-7-13(16)15(8-14(12)17)19-9-11-5-3-2-4-6-11/h2-8H,9,17H2,1H3. The molecule has 4 heteroatoms. The number of anilines is 1. The van der Waals surface area contributed by atoms with Gasteiger partial charge in [-0.15, -0.1) is 0 Å². The van der Waals surface area contributed by atoms with Crippen molar-refractivity contribution in [1.29, 1.82) is 0 Å². The minimum Gasteiger partial charge on any atom is -0.488 e. The van der Waals surface area contributed by atoms with E-state index in [9.17, 15) is 4.79 Å². The molecule has 2 aromatic carbocycles. The van der Waals surface area contributed by atoms with Gasteiger partial charge in [0, 0.05) is 17.3 Å². The Bertz CT molecular complexity index is 597. The van der Waals surface area contributed by atoms with E-state index in [4.69, 9.17) is 10.5 Å². The Morgan fingerprint density at radius 1 is 1.26 bits per heavy atom. The number of nitrogen functional groups attached to an aromatic ring is 1. The van der Waals surface area contributed by atoms with Gasteiger partial charge in [0.25, 0.3) is 0 Å². The van der Waals surface area contributed by atoms with Gasteiger partial charge in [0.1, 0.15) is 12.4 Å². The maximum Gasteiger partial charge on any atom is 0.161 e. The second kappa shape index (κ2) is 6.06. The summed E-state index contributed by atoms with van der Waals surface area (Å²) < 4.78 is 6.62. The van der Waals surface area contributed by atoms with Gasteiger partial charge in [0.2, 0.25) is 0 Å². The minimum atomic E-state index is -0.0370. The molecule has 3 nitrogen and oxygen atoms in total. The van der Waals surface area contributed by atoms with E-state index >= 15 is 0 Å². The van der Waals surface area contributed by atoms with Crippen LogP contribution in [-0.2, 0) is 6.61 Å². The fourth-order valence-corrected chi connectivity index (χ4v) is 2.34. The Hall–Kier alpha value is -1.56. The third-order valence-corrected chi connectivity index (χ3v) is 3.56. The lowest BCUT2D eigenvalue weighted by Gasteiger charge is -2.11. The molecule has 0 fully saturated rings. The predicted molar refractivity (Wildman–Crippen MR) is 84.3 cm³/mol. The average molecular weight is 367 g/mol. The molecule has 0 unspecified atom stereocenters. The van der Waals surface area contributed by atoms with E-state index < -0.39 is 0 Å². The number of ether oxygens (including phenoxy) is 1. The number of hydrogen-bond acceptors (Lipinski definition) is 3. The van der Waals surface area contributed by atoms with Gasteiger partial charge in [-0.1, -0.05) is 30.3 Å². The molecule has 0 bridgehead atoms. The molecular formula is C15H14INO2. The third kappa shape index (κ3) is 3.47. The topological polar surface area (TPSA) is 52.3 Å². The summed E-state index contributed by atoms with van der Waals surface area (Å²) in [6, 6.07) is 13.4. The SMILES string of the molecule is CC(=O)c1cc(I)c(OCc2ccccc2)cc1N. The van der Waals surface area contributed by atoms with Crippen LogP contribution in [0.1, 0.15) is 22.8 Å². The number of carbonyl (C=O) groups excluding carboxylic acids is 1. The molecule has 0 atom stereocenters. The molecule has 2 rings (SSSR count). The number of Topliss-reactive ketones (excluding diaryl/α,β-unsaturated/α-hetero) is 1. The van der Waals surface area contributed by atoms with E-state index in [1.165, 1.54) is 6.92 Å². The zero-order valence-corrected chi connectivity index (χ0v) is 12.7. The molecule has 0 aliphatic rings. The number of ketones is 1. The largest absolute Gasteiger partial charge is 0.488 e. The van der Waals surface area contributed by atoms with Crippen LogP contribution in [0.2, 0.25) is 0 Å². The van der Waals surface area contributed by atoms with Crippen molar-refractivity contribution in [2.45, 2.75) is 13.5 Å². The average Bonchev–Trinajstić information content (AvgIpc) is 2.40. The van der Waals surface area contributed by atoms with Crippen molar-refractivity contribution < 1.29 is 9.53 Å². The van der Waals surface area contributed by atoms with Crippen molar-refractivity contribution in [2.24, 2.45) is 0 Å². The van der Waals surface area contributed by atoms with Gasteiger partial charge in [0.05, 0.1) is 3.57 Å². The van der Waals surface area contributed by atoms with Crippen LogP contribution in [0.5, 0.6) is 5.75 Å². The van der Waals surface area contributed by atoms with Gasteiger partial charge >= 0.3 is 0 Å². The monoisotopic (exact) mass is 367 g/mol. The van der Waals surface area contributed by atoms with E-state index in [-0.39, 0.29) is 5.78 Å². The molecule has 19 heavy (non-hydrogen) atoms. The molecule has 2 N–H and O–H groups in total. The van der Waals surface area contributed by atoms with Crippen LogP contribution in [0.3, 0.4) is 0 Å². The third-order valence-electron chi connectivity index (χ3n) is 2.72. The maximum atomic E-state index is 11.4. The molecule has 0 spiro atoms. The lowest BCUT2D eigenvalue weighted by molar-refractivity contribution is 0.101. The summed E-state index contributed by atoms with van der Waals surface area (Å²) in [6.07, 6.45) is 0. The van der Waals surface area contributed by atoms with E-state index in [2.05, 4.69) is 22.6 Å². The van der Waals surface area contributed by atoms with Crippen LogP contribution in [0, 0.1) is 3.57 Å². The van der Waals surface area contributed by atoms with Crippen molar-refractivity contribution in [3.63, 3.8) is 0 Å². The van der Waals surface area contributed by atoms with Crippen molar-refractivity contribution in [3.8, 4) is 5.75 Å². The van der Waals surface area contributed by atoms with Crippen LogP contribution >= 0.6 is 22.6 Å². The second-order valence-corrected chi connectivity index (χ2v) is 5.36. The molecule has 0 heterocycles. The maximum absolute atomic E-state index is 11.4. The Morgan fingerprint density at radius 3 is 2.58 bits per heavy atom. The zero-order valence-electron chi connectivity index (χ0n) is 10.5. The first-order valence-corrected chi connectivity index (χ1v) is 6.92. The second-order valence-electron chi connectivity index (χ2n) is 4.20. The highest BCUT2D eigenvalue weighted by molar-refractivity contribution is 14.1. The van der Waals surface area contributed by atoms with Crippen molar-refractivity contribution in [3.05, 3.63) is 57.2 Å². The molecule has 0 amide bonds. The van der Waals surface area contributed by atoms with Crippen molar-refractivity contribution >= 4 is 34.1 Å². The van der Waals surface area contributed by atoms with Gasteiger partial charge in [0.15, 0.2) is 5.78 Å². The van der Waals surface area contributed by atoms with Crippen LogP contribution in [0.4, 0.5) is 5.69 Å². The summed E-state index contributed by atoms with van der Waals surface area (Å²) >= 11 is 2.15. The Kier molecular flexibility index (Phi) is 4.42. The highest BCUT2D eigenvalue weighted by atomic mass is 127. The summed E-state index contributed by atoms with van der Waals surface area (Å²) in [6.45, 7) is 1.99. The summed E-state index contributed by atoms with van der Waals surface area (Å²) in [5.41, 5.74) is 7.94. The first-order chi connectivity index (χ1) is 9.08. The molecule has 0 saturated carbocycles. The normalized spacial score (nSPS) is 10.2. The highest BCUT2D eigenvalue weighted by Crippen LogP contribution is 2.28. The van der Waals surface area contributed by atoms with Crippen molar-refractivity contribution in [2.75, 3.05) is 5.73 Å². The summed E-state index contributed by atoms with van der Waals surface area (Å²) in [5, 5.41) is 0. The zero-order chi connectivity index (χ0) is 13.8. The van der Waals surface area contributed by atoms with E-state index in [1.807, 2.05) is 30.3 Å². The molecule has 0 radical (unpaired) electrons. The Balaban J connectivity index is 2.17. The number of nitrogens with two attached hydrogens (primary N) is 1. The van der Waals surface area contributed by atoms with Crippen LogP contribution in [0.15, 0.2) is 42.5 Å². The Labute approximate surface area is 125 Å². The van der Waals surface area contributed by atoms with Gasteiger partial charge in [-0.05, 0) is 41.1 Å². The summed E-state index contributed by atoms with van der Waals surface area (Å²) in [7, 11) is 0. The highest BCUT2D eigenvalue weighted by Gasteiger charge is 2.10. The number of rotatable bonds is 4. The fraction of sp³-hybridized carbons (Fsp3) is 0.133. The van der Waals surface area contributed by atoms with E-state index in [0.717, 1.165) is 9.13 Å². The number of benzene rings is 2. The number of carbonyl (C=O) groups is 1. The van der Waals surface area contributed by atoms with Gasteiger partial charge in [-0.25, -0.2) is 0 Å². The molecule has 0 aliphatic heterocycles. The smallest absolute Gasteiger partial charge is 0.161 e. The lowest BCUT2D eigenvalue weighted by Crippen LogP contribution is -2.03. The molecular weight excluding hydrogens is 353 g/mol. The molecule has 98 valence electrons. The van der Waals surface area contributed by atoms with Crippen molar-refractivity contribution in [1.82, 2.24) is 0 Å². The fourth-order valence-electron chi connectivity index (χ4n) is 1.72. The van der Waals surface area contributed by atoms with Gasteiger partial charge in [-0.3, -0.25) is 4.79 Å². The first kappa shape index (κ1) is 13.9. The van der Waals surface area contributed by atoms with Crippen LogP contribution in [0.25, 0.3) is 0 Å². The molecule has 0 saturated heterocycles. The summed E-state index contributed by atoms with van der Waals surface area (Å²) in [5.74, 6) is 0.664. The van der Waals surface area contributed by atoms with E-state index in [1.54, 1.807) is 12.1 Å². The molecule has 2 aromatic rings. The minimum absolute atomic E-state index is 0.0370. The van der Waals surface area contributed by atoms with Gasteiger partial charge < -0.3 is 10.5 Å². The predicted octanol–water partition coefficient (Wildman–Crippen LogP) is 3.66. The molecule has 0 aromatic heterocycles. The number of hydrogen-bond donors (Lipinski definition) is 1. The Morgan fingerprint density at radius 2 is 1.95 bits per heavy atom. The van der Waals surface area contributed by atoms with E-state index in [0.29, 0.717) is 23.6 Å². The number of halogens is 1. The first-order valence-electron chi connectivity index (χ1n) is 5.84. The lowest BCUT2D eigenvalue weighted by atomic mass is 10.1. The molecule has 0 aliphatic carbocycles. The van der Waals surface area contributed by atoms with Crippen LogP contribution < -0.4 is 10.5 Å².